The predicted molar refractivity (Wildman–Crippen MR) is 112 cm³/mol. The lowest BCUT2D eigenvalue weighted by atomic mass is 10.0. The van der Waals surface area contributed by atoms with E-state index in [4.69, 9.17) is 0 Å². The number of allylic oxidation sites excluding steroid dienone is 3. The highest BCUT2D eigenvalue weighted by Gasteiger charge is 2.14. The molecule has 0 spiro atoms. The summed E-state index contributed by atoms with van der Waals surface area (Å²) in [5.74, 6) is -1.94. The van der Waals surface area contributed by atoms with Crippen molar-refractivity contribution in [2.45, 2.75) is 26.2 Å². The van der Waals surface area contributed by atoms with Gasteiger partial charge in [-0.05, 0) is 55.7 Å². The number of benzene rings is 2. The lowest BCUT2D eigenvalue weighted by Gasteiger charge is -2.12. The van der Waals surface area contributed by atoms with Gasteiger partial charge in [0.2, 0.25) is 5.91 Å². The SMILES string of the molecule is Cc1nc2cc(F)c(F)cc2c(=O)n1-c1ccc(NC(=O)CC2=CCCC=C2)cc1. The number of hydrogen-bond acceptors (Lipinski definition) is 3. The monoisotopic (exact) mass is 407 g/mol. The average molecular weight is 407 g/mol. The summed E-state index contributed by atoms with van der Waals surface area (Å²) in [6.45, 7) is 1.61. The number of aromatic nitrogens is 2. The van der Waals surface area contributed by atoms with Crippen molar-refractivity contribution in [3.8, 4) is 5.69 Å². The molecule has 4 rings (SSSR count). The predicted octanol–water partition coefficient (Wildman–Crippen LogP) is 4.58. The Morgan fingerprint density at radius 1 is 1.13 bits per heavy atom. The average Bonchev–Trinajstić information content (AvgIpc) is 2.72. The molecular weight excluding hydrogens is 388 g/mol. The van der Waals surface area contributed by atoms with E-state index in [1.165, 1.54) is 4.57 Å². The van der Waals surface area contributed by atoms with Crippen LogP contribution in [0.1, 0.15) is 25.1 Å². The minimum absolute atomic E-state index is 0.00862. The first kappa shape index (κ1) is 19.7. The molecule has 0 bridgehead atoms. The van der Waals surface area contributed by atoms with Crippen molar-refractivity contribution in [1.29, 1.82) is 0 Å². The zero-order valence-electron chi connectivity index (χ0n) is 16.3. The van der Waals surface area contributed by atoms with Crippen molar-refractivity contribution in [1.82, 2.24) is 9.55 Å². The Morgan fingerprint density at radius 2 is 1.87 bits per heavy atom. The van der Waals surface area contributed by atoms with E-state index in [0.717, 1.165) is 30.5 Å². The Morgan fingerprint density at radius 3 is 2.57 bits per heavy atom. The first-order valence-corrected chi connectivity index (χ1v) is 9.56. The van der Waals surface area contributed by atoms with Gasteiger partial charge in [0.25, 0.3) is 5.56 Å². The van der Waals surface area contributed by atoms with E-state index in [9.17, 15) is 18.4 Å². The summed E-state index contributed by atoms with van der Waals surface area (Å²) >= 11 is 0. The number of nitrogens with zero attached hydrogens (tertiary/aromatic N) is 2. The summed E-state index contributed by atoms with van der Waals surface area (Å²) in [6.07, 6.45) is 8.31. The number of anilines is 1. The molecule has 0 aliphatic heterocycles. The van der Waals surface area contributed by atoms with Crippen LogP contribution in [0, 0.1) is 18.6 Å². The van der Waals surface area contributed by atoms with E-state index in [1.54, 1.807) is 31.2 Å². The fraction of sp³-hybridized carbons (Fsp3) is 0.174. The molecule has 152 valence electrons. The van der Waals surface area contributed by atoms with Crippen molar-refractivity contribution in [3.63, 3.8) is 0 Å². The first-order chi connectivity index (χ1) is 14.4. The van der Waals surface area contributed by atoms with Crippen LogP contribution in [-0.2, 0) is 4.79 Å². The molecule has 1 aromatic heterocycles. The van der Waals surface area contributed by atoms with Crippen LogP contribution >= 0.6 is 0 Å². The van der Waals surface area contributed by atoms with Gasteiger partial charge in [-0.1, -0.05) is 18.2 Å². The van der Waals surface area contributed by atoms with Gasteiger partial charge in [-0.15, -0.1) is 0 Å². The molecule has 0 fully saturated rings. The van der Waals surface area contributed by atoms with Crippen LogP contribution in [0.5, 0.6) is 0 Å². The minimum atomic E-state index is -1.10. The van der Waals surface area contributed by atoms with Crippen LogP contribution in [0.4, 0.5) is 14.5 Å². The number of hydrogen-bond donors (Lipinski definition) is 1. The smallest absolute Gasteiger partial charge is 0.266 e. The number of halogens is 2. The minimum Gasteiger partial charge on any atom is -0.326 e. The van der Waals surface area contributed by atoms with Gasteiger partial charge < -0.3 is 5.32 Å². The highest BCUT2D eigenvalue weighted by molar-refractivity contribution is 5.92. The fourth-order valence-electron chi connectivity index (χ4n) is 3.48. The largest absolute Gasteiger partial charge is 0.326 e. The quantitative estimate of drug-likeness (QED) is 0.689. The van der Waals surface area contributed by atoms with Gasteiger partial charge in [-0.3, -0.25) is 14.2 Å². The van der Waals surface area contributed by atoms with Crippen LogP contribution in [0.15, 0.2) is 65.0 Å². The highest BCUT2D eigenvalue weighted by Crippen LogP contribution is 2.19. The zero-order valence-corrected chi connectivity index (χ0v) is 16.3. The number of fused-ring (bicyclic) bond motifs is 1. The summed E-state index contributed by atoms with van der Waals surface area (Å²) < 4.78 is 28.4. The number of carbonyl (C=O) groups excluding carboxylic acids is 1. The topological polar surface area (TPSA) is 64.0 Å². The van der Waals surface area contributed by atoms with E-state index in [-0.39, 0.29) is 16.8 Å². The van der Waals surface area contributed by atoms with Crippen LogP contribution in [0.25, 0.3) is 16.6 Å². The number of aryl methyl sites for hydroxylation is 1. The maximum absolute atomic E-state index is 13.6. The molecule has 7 heteroatoms. The first-order valence-electron chi connectivity index (χ1n) is 9.56. The van der Waals surface area contributed by atoms with Crippen molar-refractivity contribution >= 4 is 22.5 Å². The van der Waals surface area contributed by atoms with Gasteiger partial charge in [0.15, 0.2) is 11.6 Å². The molecule has 5 nitrogen and oxygen atoms in total. The molecule has 0 radical (unpaired) electrons. The Hall–Kier alpha value is -3.61. The summed E-state index contributed by atoms with van der Waals surface area (Å²) in [7, 11) is 0. The third-order valence-corrected chi connectivity index (χ3v) is 4.92. The molecule has 3 aromatic rings. The van der Waals surface area contributed by atoms with Gasteiger partial charge in [0.1, 0.15) is 5.82 Å². The summed E-state index contributed by atoms with van der Waals surface area (Å²) in [5, 5.41) is 2.82. The van der Waals surface area contributed by atoms with Crippen molar-refractivity contribution in [3.05, 3.63) is 88.0 Å². The van der Waals surface area contributed by atoms with Gasteiger partial charge in [0.05, 0.1) is 23.0 Å². The lowest BCUT2D eigenvalue weighted by Crippen LogP contribution is -2.22. The van der Waals surface area contributed by atoms with Gasteiger partial charge >= 0.3 is 0 Å². The van der Waals surface area contributed by atoms with Crippen LogP contribution < -0.4 is 10.9 Å². The van der Waals surface area contributed by atoms with Crippen molar-refractivity contribution in [2.24, 2.45) is 0 Å². The van der Waals surface area contributed by atoms with Crippen LogP contribution in [0.3, 0.4) is 0 Å². The molecule has 30 heavy (non-hydrogen) atoms. The van der Waals surface area contributed by atoms with Gasteiger partial charge in [-0.25, -0.2) is 13.8 Å². The third kappa shape index (κ3) is 3.91. The highest BCUT2D eigenvalue weighted by atomic mass is 19.2. The fourth-order valence-corrected chi connectivity index (χ4v) is 3.48. The molecule has 0 unspecified atom stereocenters. The second-order valence-corrected chi connectivity index (χ2v) is 7.11. The Balaban J connectivity index is 1.59. The summed E-state index contributed by atoms with van der Waals surface area (Å²) in [5.41, 5.74) is 1.69. The number of carbonyl (C=O) groups is 1. The van der Waals surface area contributed by atoms with Crippen LogP contribution in [0.2, 0.25) is 0 Å². The van der Waals surface area contributed by atoms with Gasteiger partial charge in [-0.2, -0.15) is 0 Å². The Bertz CT molecular complexity index is 1260. The molecule has 0 atom stereocenters. The van der Waals surface area contributed by atoms with E-state index >= 15 is 0 Å². The summed E-state index contributed by atoms with van der Waals surface area (Å²) in [6, 6.07) is 8.46. The zero-order chi connectivity index (χ0) is 21.3. The normalized spacial score (nSPS) is 13.4. The molecule has 1 N–H and O–H groups in total. The molecule has 1 amide bonds. The van der Waals surface area contributed by atoms with E-state index in [2.05, 4.69) is 22.5 Å². The summed E-state index contributed by atoms with van der Waals surface area (Å²) in [4.78, 5) is 29.3. The second kappa shape index (κ2) is 8.02. The van der Waals surface area contributed by atoms with Crippen molar-refractivity contribution < 1.29 is 13.6 Å². The van der Waals surface area contributed by atoms with Crippen molar-refractivity contribution in [2.75, 3.05) is 5.32 Å². The number of amides is 1. The van der Waals surface area contributed by atoms with E-state index in [1.807, 2.05) is 6.08 Å². The number of nitrogens with one attached hydrogen (secondary N) is 1. The molecular formula is C23H19F2N3O2. The number of rotatable bonds is 4. The van der Waals surface area contributed by atoms with Gasteiger partial charge in [0, 0.05) is 11.8 Å². The molecule has 1 heterocycles. The standard InChI is InChI=1S/C23H19F2N3O2/c1-14-26-21-13-20(25)19(24)12-18(21)23(30)28(14)17-9-7-16(8-10-17)27-22(29)11-15-5-3-2-4-6-15/h3,5-10,12-13H,2,4,11H2,1H3,(H,27,29). The third-order valence-electron chi connectivity index (χ3n) is 4.92. The van der Waals surface area contributed by atoms with Crippen LogP contribution in [-0.4, -0.2) is 15.5 Å². The molecule has 1 aliphatic carbocycles. The lowest BCUT2D eigenvalue weighted by molar-refractivity contribution is -0.115. The molecule has 0 saturated heterocycles. The molecule has 0 saturated carbocycles. The van der Waals surface area contributed by atoms with E-state index < -0.39 is 17.2 Å². The maximum Gasteiger partial charge on any atom is 0.266 e. The maximum atomic E-state index is 13.6. The molecule has 1 aliphatic rings. The second-order valence-electron chi connectivity index (χ2n) is 7.11. The van der Waals surface area contributed by atoms with E-state index in [0.29, 0.717) is 23.6 Å². The Labute approximate surface area is 171 Å². The Kier molecular flexibility index (Phi) is 5.27. The molecule has 2 aromatic carbocycles.